The third kappa shape index (κ3) is 1.58. The van der Waals surface area contributed by atoms with Gasteiger partial charge in [0.25, 0.3) is 0 Å². The predicted molar refractivity (Wildman–Crippen MR) is 58.2 cm³/mol. The highest BCUT2D eigenvalue weighted by molar-refractivity contribution is 5.36. The summed E-state index contributed by atoms with van der Waals surface area (Å²) in [5, 5.41) is 4.14. The van der Waals surface area contributed by atoms with Gasteiger partial charge in [-0.15, -0.1) is 0 Å². The number of hydrogen-bond donors (Lipinski definition) is 0. The summed E-state index contributed by atoms with van der Waals surface area (Å²) in [6.45, 7) is 0. The first-order chi connectivity index (χ1) is 7.95. The van der Waals surface area contributed by atoms with Gasteiger partial charge in [-0.05, 0) is 25.7 Å². The zero-order chi connectivity index (χ0) is 10.8. The van der Waals surface area contributed by atoms with Crippen LogP contribution in [0.4, 0.5) is 0 Å². The monoisotopic (exact) mass is 215 g/mol. The fraction of sp³-hybridized carbons (Fsp3) is 0.455. The zero-order valence-electron chi connectivity index (χ0n) is 9.00. The van der Waals surface area contributed by atoms with E-state index < -0.39 is 0 Å². The Bertz CT molecular complexity index is 477. The van der Waals surface area contributed by atoms with E-state index in [0.717, 1.165) is 18.7 Å². The van der Waals surface area contributed by atoms with Gasteiger partial charge in [0.15, 0.2) is 5.82 Å². The summed E-state index contributed by atoms with van der Waals surface area (Å²) >= 11 is 0. The highest BCUT2D eigenvalue weighted by Crippen LogP contribution is 2.22. The minimum atomic E-state index is 0.893. The Kier molecular flexibility index (Phi) is 2.36. The van der Waals surface area contributed by atoms with Crippen molar-refractivity contribution < 1.29 is 0 Å². The number of rotatable bonds is 1. The van der Waals surface area contributed by atoms with Gasteiger partial charge in [0, 0.05) is 11.3 Å². The number of hydrogen-bond acceptors (Lipinski definition) is 4. The lowest BCUT2D eigenvalue weighted by Gasteiger charge is -2.09. The van der Waals surface area contributed by atoms with Crippen molar-refractivity contribution >= 4 is 0 Å². The molecule has 0 aliphatic heterocycles. The van der Waals surface area contributed by atoms with E-state index >= 15 is 0 Å². The van der Waals surface area contributed by atoms with Crippen molar-refractivity contribution in [3.8, 4) is 5.82 Å². The van der Waals surface area contributed by atoms with Crippen LogP contribution < -0.4 is 0 Å². The molecule has 0 bridgehead atoms. The van der Waals surface area contributed by atoms with Gasteiger partial charge in [0.05, 0.1) is 0 Å². The summed E-state index contributed by atoms with van der Waals surface area (Å²) in [6, 6.07) is 0. The van der Waals surface area contributed by atoms with Crippen LogP contribution in [0.1, 0.15) is 30.5 Å². The van der Waals surface area contributed by atoms with E-state index in [1.165, 1.54) is 36.8 Å². The average molecular weight is 215 g/mol. The zero-order valence-corrected chi connectivity index (χ0v) is 9.00. The van der Waals surface area contributed by atoms with Crippen molar-refractivity contribution in [3.05, 3.63) is 30.2 Å². The van der Waals surface area contributed by atoms with Gasteiger partial charge in [-0.1, -0.05) is 6.42 Å². The molecule has 2 heterocycles. The van der Waals surface area contributed by atoms with E-state index in [9.17, 15) is 0 Å². The van der Waals surface area contributed by atoms with Crippen LogP contribution in [0.2, 0.25) is 0 Å². The molecule has 1 aliphatic rings. The SMILES string of the molecule is c1nc2c(c(-n3cncn3)n1)CCCCC2. The van der Waals surface area contributed by atoms with Crippen LogP contribution in [0.15, 0.2) is 19.0 Å². The molecule has 0 atom stereocenters. The maximum atomic E-state index is 4.38. The lowest BCUT2D eigenvalue weighted by molar-refractivity contribution is 0.707. The van der Waals surface area contributed by atoms with Gasteiger partial charge in [-0.25, -0.2) is 19.6 Å². The predicted octanol–water partition coefficient (Wildman–Crippen LogP) is 1.33. The van der Waals surface area contributed by atoms with Crippen LogP contribution in [0.25, 0.3) is 5.82 Å². The first kappa shape index (κ1) is 9.45. The highest BCUT2D eigenvalue weighted by atomic mass is 15.3. The number of aryl methyl sites for hydroxylation is 1. The van der Waals surface area contributed by atoms with E-state index in [-0.39, 0.29) is 0 Å². The normalized spacial score (nSPS) is 15.5. The average Bonchev–Trinajstić information content (AvgIpc) is 2.73. The van der Waals surface area contributed by atoms with Crippen LogP contribution in [-0.4, -0.2) is 24.7 Å². The van der Waals surface area contributed by atoms with Gasteiger partial charge in [-0.3, -0.25) is 0 Å². The maximum Gasteiger partial charge on any atom is 0.161 e. The number of aromatic nitrogens is 5. The first-order valence-electron chi connectivity index (χ1n) is 5.63. The molecule has 2 aromatic rings. The highest BCUT2D eigenvalue weighted by Gasteiger charge is 2.15. The fourth-order valence-corrected chi connectivity index (χ4v) is 2.20. The van der Waals surface area contributed by atoms with Gasteiger partial charge < -0.3 is 0 Å². The molecule has 5 heteroatoms. The molecule has 16 heavy (non-hydrogen) atoms. The summed E-state index contributed by atoms with van der Waals surface area (Å²) in [5.74, 6) is 0.893. The molecule has 2 aromatic heterocycles. The Morgan fingerprint density at radius 2 is 1.94 bits per heavy atom. The largest absolute Gasteiger partial charge is 0.241 e. The smallest absolute Gasteiger partial charge is 0.161 e. The van der Waals surface area contributed by atoms with Crippen LogP contribution in [-0.2, 0) is 12.8 Å². The molecule has 0 radical (unpaired) electrons. The van der Waals surface area contributed by atoms with E-state index in [2.05, 4.69) is 20.1 Å². The van der Waals surface area contributed by atoms with Gasteiger partial charge >= 0.3 is 0 Å². The van der Waals surface area contributed by atoms with Crippen LogP contribution >= 0.6 is 0 Å². The van der Waals surface area contributed by atoms with Crippen molar-refractivity contribution in [2.75, 3.05) is 0 Å². The molecule has 82 valence electrons. The van der Waals surface area contributed by atoms with Gasteiger partial charge in [0.1, 0.15) is 19.0 Å². The van der Waals surface area contributed by atoms with Gasteiger partial charge in [-0.2, -0.15) is 5.10 Å². The second-order valence-corrected chi connectivity index (χ2v) is 4.02. The van der Waals surface area contributed by atoms with Crippen molar-refractivity contribution in [1.82, 2.24) is 24.7 Å². The van der Waals surface area contributed by atoms with Crippen LogP contribution in [0, 0.1) is 0 Å². The van der Waals surface area contributed by atoms with Crippen molar-refractivity contribution in [1.29, 1.82) is 0 Å². The van der Waals surface area contributed by atoms with Crippen LogP contribution in [0.3, 0.4) is 0 Å². The number of fused-ring (bicyclic) bond motifs is 1. The molecule has 0 saturated carbocycles. The van der Waals surface area contributed by atoms with Crippen molar-refractivity contribution in [2.45, 2.75) is 32.1 Å². The first-order valence-corrected chi connectivity index (χ1v) is 5.63. The molecule has 0 unspecified atom stereocenters. The fourth-order valence-electron chi connectivity index (χ4n) is 2.20. The lowest BCUT2D eigenvalue weighted by Crippen LogP contribution is -2.07. The molecule has 0 amide bonds. The summed E-state index contributed by atoms with van der Waals surface area (Å²) < 4.78 is 1.73. The maximum absolute atomic E-state index is 4.38. The summed E-state index contributed by atoms with van der Waals surface area (Å²) in [4.78, 5) is 12.7. The Hall–Kier alpha value is -1.78. The molecule has 0 spiro atoms. The van der Waals surface area contributed by atoms with Crippen molar-refractivity contribution in [2.24, 2.45) is 0 Å². The number of nitrogens with zero attached hydrogens (tertiary/aromatic N) is 5. The van der Waals surface area contributed by atoms with E-state index in [0.29, 0.717) is 0 Å². The van der Waals surface area contributed by atoms with E-state index in [1.54, 1.807) is 17.3 Å². The summed E-state index contributed by atoms with van der Waals surface area (Å²) in [5.41, 5.74) is 2.42. The Morgan fingerprint density at radius 1 is 1.00 bits per heavy atom. The third-order valence-electron chi connectivity index (χ3n) is 2.99. The van der Waals surface area contributed by atoms with Crippen molar-refractivity contribution in [3.63, 3.8) is 0 Å². The molecule has 1 aliphatic carbocycles. The van der Waals surface area contributed by atoms with E-state index in [4.69, 9.17) is 0 Å². The molecule has 0 aromatic carbocycles. The molecular weight excluding hydrogens is 202 g/mol. The lowest BCUT2D eigenvalue weighted by atomic mass is 10.1. The molecule has 3 rings (SSSR count). The van der Waals surface area contributed by atoms with E-state index in [1.807, 2.05) is 0 Å². The standard InChI is InChI=1S/C11H13N5/c1-2-4-9-10(5-3-1)13-7-14-11(9)16-8-12-6-15-16/h6-8H,1-5H2. The Labute approximate surface area is 93.6 Å². The third-order valence-corrected chi connectivity index (χ3v) is 2.99. The minimum absolute atomic E-state index is 0.893. The Morgan fingerprint density at radius 3 is 2.81 bits per heavy atom. The molecule has 5 nitrogen and oxygen atoms in total. The quantitative estimate of drug-likeness (QED) is 0.673. The topological polar surface area (TPSA) is 56.5 Å². The minimum Gasteiger partial charge on any atom is -0.241 e. The Balaban J connectivity index is 2.12. The van der Waals surface area contributed by atoms with Crippen LogP contribution in [0.5, 0.6) is 0 Å². The molecular formula is C11H13N5. The molecule has 0 fully saturated rings. The molecule has 0 saturated heterocycles. The van der Waals surface area contributed by atoms with Gasteiger partial charge in [0.2, 0.25) is 0 Å². The second kappa shape index (κ2) is 4.00. The molecule has 0 N–H and O–H groups in total. The summed E-state index contributed by atoms with van der Waals surface area (Å²) in [6.07, 6.45) is 10.7. The second-order valence-electron chi connectivity index (χ2n) is 4.02. The summed E-state index contributed by atoms with van der Waals surface area (Å²) in [7, 11) is 0.